The van der Waals surface area contributed by atoms with Gasteiger partial charge in [-0.1, -0.05) is 13.3 Å². The lowest BCUT2D eigenvalue weighted by Gasteiger charge is -2.28. The SMILES string of the molecule is CCCC(NC(=O)N1CCc2[nH]ncc2C1)C(=O)O. The number of fused-ring (bicyclic) bond motifs is 1. The largest absolute Gasteiger partial charge is 0.480 e. The highest BCUT2D eigenvalue weighted by molar-refractivity contribution is 5.82. The van der Waals surface area contributed by atoms with E-state index in [1.165, 1.54) is 0 Å². The second kappa shape index (κ2) is 5.73. The molecule has 1 aliphatic heterocycles. The van der Waals surface area contributed by atoms with Crippen molar-refractivity contribution in [1.29, 1.82) is 0 Å². The van der Waals surface area contributed by atoms with Crippen molar-refractivity contribution < 1.29 is 14.7 Å². The summed E-state index contributed by atoms with van der Waals surface area (Å²) in [6, 6.07) is -1.14. The van der Waals surface area contributed by atoms with Crippen molar-refractivity contribution in [1.82, 2.24) is 20.4 Å². The highest BCUT2D eigenvalue weighted by Gasteiger charge is 2.25. The number of nitrogens with one attached hydrogen (secondary N) is 2. The van der Waals surface area contributed by atoms with Gasteiger partial charge in [0.25, 0.3) is 0 Å². The quantitative estimate of drug-likeness (QED) is 0.748. The van der Waals surface area contributed by atoms with Crippen molar-refractivity contribution in [2.24, 2.45) is 0 Å². The molecule has 0 saturated heterocycles. The Kier molecular flexibility index (Phi) is 4.03. The Morgan fingerprint density at radius 2 is 2.42 bits per heavy atom. The van der Waals surface area contributed by atoms with E-state index in [0.29, 0.717) is 32.4 Å². The number of nitrogens with zero attached hydrogens (tertiary/aromatic N) is 2. The molecule has 2 amide bonds. The zero-order valence-corrected chi connectivity index (χ0v) is 10.8. The van der Waals surface area contributed by atoms with Gasteiger partial charge in [-0.15, -0.1) is 0 Å². The number of H-pyrrole nitrogens is 1. The molecule has 0 bridgehead atoms. The fourth-order valence-corrected chi connectivity index (χ4v) is 2.18. The van der Waals surface area contributed by atoms with Crippen molar-refractivity contribution in [2.45, 2.75) is 38.8 Å². The maximum Gasteiger partial charge on any atom is 0.326 e. The van der Waals surface area contributed by atoms with Crippen LogP contribution in [0.3, 0.4) is 0 Å². The number of carboxylic acid groups (broad SMARTS) is 1. The first-order valence-electron chi connectivity index (χ1n) is 6.41. The fourth-order valence-electron chi connectivity index (χ4n) is 2.18. The molecule has 2 rings (SSSR count). The summed E-state index contributed by atoms with van der Waals surface area (Å²) in [5.74, 6) is -0.990. The zero-order chi connectivity index (χ0) is 13.8. The van der Waals surface area contributed by atoms with E-state index in [2.05, 4.69) is 15.5 Å². The third-order valence-electron chi connectivity index (χ3n) is 3.26. The lowest BCUT2D eigenvalue weighted by atomic mass is 10.1. The van der Waals surface area contributed by atoms with Crippen molar-refractivity contribution in [3.05, 3.63) is 17.5 Å². The van der Waals surface area contributed by atoms with Gasteiger partial charge in [0.05, 0.1) is 12.7 Å². The molecule has 1 unspecified atom stereocenters. The molecule has 0 fully saturated rings. The smallest absolute Gasteiger partial charge is 0.326 e. The van der Waals surface area contributed by atoms with Crippen LogP contribution >= 0.6 is 0 Å². The Morgan fingerprint density at radius 1 is 1.63 bits per heavy atom. The van der Waals surface area contributed by atoms with Crippen LogP contribution in [-0.2, 0) is 17.8 Å². The standard InChI is InChI=1S/C12H18N4O3/c1-2-3-10(11(17)18)14-12(19)16-5-4-9-8(7-16)6-13-15-9/h6,10H,2-5,7H2,1H3,(H,13,15)(H,14,19)(H,17,18). The van der Waals surface area contributed by atoms with Gasteiger partial charge in [-0.25, -0.2) is 9.59 Å². The van der Waals surface area contributed by atoms with E-state index in [1.54, 1.807) is 11.1 Å². The number of carboxylic acids is 1. The molecule has 7 nitrogen and oxygen atoms in total. The monoisotopic (exact) mass is 266 g/mol. The van der Waals surface area contributed by atoms with Crippen molar-refractivity contribution in [2.75, 3.05) is 6.54 Å². The summed E-state index contributed by atoms with van der Waals surface area (Å²) in [7, 11) is 0. The Balaban J connectivity index is 1.95. The molecule has 0 radical (unpaired) electrons. The number of carbonyl (C=O) groups is 2. The van der Waals surface area contributed by atoms with Gasteiger partial charge in [-0.2, -0.15) is 5.10 Å². The minimum Gasteiger partial charge on any atom is -0.480 e. The number of amides is 2. The maximum atomic E-state index is 12.0. The molecular formula is C12H18N4O3. The van der Waals surface area contributed by atoms with E-state index in [-0.39, 0.29) is 6.03 Å². The van der Waals surface area contributed by atoms with Crippen LogP contribution in [0.25, 0.3) is 0 Å². The van der Waals surface area contributed by atoms with Crippen LogP contribution in [-0.4, -0.2) is 44.8 Å². The first kappa shape index (κ1) is 13.4. The highest BCUT2D eigenvalue weighted by atomic mass is 16.4. The first-order valence-corrected chi connectivity index (χ1v) is 6.41. The van der Waals surface area contributed by atoms with E-state index in [4.69, 9.17) is 5.11 Å². The molecule has 19 heavy (non-hydrogen) atoms. The number of carbonyl (C=O) groups excluding carboxylic acids is 1. The Labute approximate surface area is 111 Å². The molecule has 0 saturated carbocycles. The van der Waals surface area contributed by atoms with Gasteiger partial charge in [-0.05, 0) is 6.42 Å². The van der Waals surface area contributed by atoms with Crippen LogP contribution in [0.4, 0.5) is 4.79 Å². The minimum absolute atomic E-state index is 0.326. The molecule has 1 aliphatic rings. The van der Waals surface area contributed by atoms with E-state index < -0.39 is 12.0 Å². The number of aliphatic carboxylic acids is 1. The summed E-state index contributed by atoms with van der Waals surface area (Å²) >= 11 is 0. The molecule has 2 heterocycles. The van der Waals surface area contributed by atoms with Crippen molar-refractivity contribution >= 4 is 12.0 Å². The van der Waals surface area contributed by atoms with Gasteiger partial charge in [0.1, 0.15) is 6.04 Å². The third-order valence-corrected chi connectivity index (χ3v) is 3.26. The van der Waals surface area contributed by atoms with Crippen LogP contribution in [0, 0.1) is 0 Å². The van der Waals surface area contributed by atoms with E-state index >= 15 is 0 Å². The molecule has 104 valence electrons. The molecule has 1 aromatic rings. The molecule has 1 aromatic heterocycles. The lowest BCUT2D eigenvalue weighted by Crippen LogP contribution is -2.49. The fraction of sp³-hybridized carbons (Fsp3) is 0.583. The number of urea groups is 1. The Morgan fingerprint density at radius 3 is 3.11 bits per heavy atom. The average molecular weight is 266 g/mol. The van der Waals surface area contributed by atoms with Gasteiger partial charge < -0.3 is 15.3 Å². The molecule has 0 aliphatic carbocycles. The van der Waals surface area contributed by atoms with E-state index in [1.807, 2.05) is 6.92 Å². The zero-order valence-electron chi connectivity index (χ0n) is 10.8. The number of hydrogen-bond donors (Lipinski definition) is 3. The van der Waals surface area contributed by atoms with Crippen LogP contribution in [0.5, 0.6) is 0 Å². The van der Waals surface area contributed by atoms with Crippen LogP contribution < -0.4 is 5.32 Å². The predicted molar refractivity (Wildman–Crippen MR) is 67.6 cm³/mol. The van der Waals surface area contributed by atoms with E-state index in [9.17, 15) is 9.59 Å². The lowest BCUT2D eigenvalue weighted by molar-refractivity contribution is -0.139. The van der Waals surface area contributed by atoms with Gasteiger partial charge in [0.2, 0.25) is 0 Å². The summed E-state index contributed by atoms with van der Waals surface area (Å²) < 4.78 is 0. The molecule has 3 N–H and O–H groups in total. The van der Waals surface area contributed by atoms with Crippen molar-refractivity contribution in [3.8, 4) is 0 Å². The molecule has 0 spiro atoms. The summed E-state index contributed by atoms with van der Waals surface area (Å²) in [6.45, 7) is 2.93. The van der Waals surface area contributed by atoms with Crippen LogP contribution in [0.15, 0.2) is 6.20 Å². The molecule has 1 atom stereocenters. The second-order valence-corrected chi connectivity index (χ2v) is 4.67. The van der Waals surface area contributed by atoms with Crippen LogP contribution in [0.2, 0.25) is 0 Å². The van der Waals surface area contributed by atoms with Gasteiger partial charge in [0, 0.05) is 24.2 Å². The summed E-state index contributed by atoms with van der Waals surface area (Å²) in [4.78, 5) is 24.7. The maximum absolute atomic E-state index is 12.0. The summed E-state index contributed by atoms with van der Waals surface area (Å²) in [5, 5.41) is 18.4. The first-order chi connectivity index (χ1) is 9.11. The third kappa shape index (κ3) is 3.04. The normalized spacial score (nSPS) is 15.7. The van der Waals surface area contributed by atoms with Gasteiger partial charge in [-0.3, -0.25) is 5.10 Å². The van der Waals surface area contributed by atoms with Gasteiger partial charge >= 0.3 is 12.0 Å². The van der Waals surface area contributed by atoms with Crippen molar-refractivity contribution in [3.63, 3.8) is 0 Å². The second-order valence-electron chi connectivity index (χ2n) is 4.67. The number of aromatic amines is 1. The molecular weight excluding hydrogens is 248 g/mol. The molecule has 0 aromatic carbocycles. The Hall–Kier alpha value is -2.05. The predicted octanol–water partition coefficient (Wildman–Crippen LogP) is 0.731. The van der Waals surface area contributed by atoms with Crippen LogP contribution in [0.1, 0.15) is 31.0 Å². The number of aromatic nitrogens is 2. The minimum atomic E-state index is -0.990. The Bertz CT molecular complexity index is 471. The van der Waals surface area contributed by atoms with Gasteiger partial charge in [0.15, 0.2) is 0 Å². The number of hydrogen-bond acceptors (Lipinski definition) is 3. The summed E-state index contributed by atoms with van der Waals surface area (Å²) in [5.41, 5.74) is 2.04. The highest BCUT2D eigenvalue weighted by Crippen LogP contribution is 2.16. The summed E-state index contributed by atoms with van der Waals surface area (Å²) in [6.07, 6.45) is 3.57. The average Bonchev–Trinajstić information content (AvgIpc) is 2.85. The topological polar surface area (TPSA) is 98.3 Å². The molecule has 7 heteroatoms. The van der Waals surface area contributed by atoms with E-state index in [0.717, 1.165) is 11.3 Å². The number of rotatable bonds is 4.